The van der Waals surface area contributed by atoms with Crippen molar-refractivity contribution in [1.29, 1.82) is 0 Å². The molecule has 0 spiro atoms. The Balaban J connectivity index is 1.43. The van der Waals surface area contributed by atoms with Gasteiger partial charge >= 0.3 is 0 Å². The Morgan fingerprint density at radius 3 is 2.58 bits per heavy atom. The van der Waals surface area contributed by atoms with Gasteiger partial charge in [0.2, 0.25) is 16.0 Å². The SMILES string of the molecule is Cc1sc2c(-c3cccc4[nH]ncc34)nc(N3CCNCC3)nc2c1CN1CCN(S(C)(=O)=O)CC1. The molecule has 2 fully saturated rings. The van der Waals surface area contributed by atoms with Gasteiger partial charge in [-0.05, 0) is 13.0 Å². The summed E-state index contributed by atoms with van der Waals surface area (Å²) in [5, 5.41) is 11.8. The molecule has 2 aliphatic heterocycles. The number of sulfonamides is 1. The van der Waals surface area contributed by atoms with E-state index in [1.807, 2.05) is 18.3 Å². The van der Waals surface area contributed by atoms with Crippen LogP contribution in [0.5, 0.6) is 0 Å². The first-order valence-electron chi connectivity index (χ1n) is 12.2. The minimum Gasteiger partial charge on any atom is -0.338 e. The van der Waals surface area contributed by atoms with E-state index in [1.54, 1.807) is 15.6 Å². The van der Waals surface area contributed by atoms with Crippen molar-refractivity contribution in [2.45, 2.75) is 13.5 Å². The molecular formula is C24H30N8O2S2. The molecule has 12 heteroatoms. The quantitative estimate of drug-likeness (QED) is 0.407. The summed E-state index contributed by atoms with van der Waals surface area (Å²) in [7, 11) is -3.15. The standard InChI is InChI=1S/C24H30N8O2S2/c1-16-19(15-30-10-12-32(13-11-30)36(2,33)34)22-23(35-16)21(17-4-3-5-20-18(17)14-26-29-20)27-24(28-22)31-8-6-25-7-9-31/h3-5,14,25H,6-13,15H2,1-2H3,(H,26,29). The molecule has 0 amide bonds. The van der Waals surface area contributed by atoms with Gasteiger partial charge in [0.1, 0.15) is 0 Å². The number of benzene rings is 1. The van der Waals surface area contributed by atoms with Gasteiger partial charge in [0.15, 0.2) is 0 Å². The topological polar surface area (TPSA) is 110 Å². The monoisotopic (exact) mass is 526 g/mol. The maximum Gasteiger partial charge on any atom is 0.226 e. The number of hydrogen-bond donors (Lipinski definition) is 2. The molecule has 36 heavy (non-hydrogen) atoms. The summed E-state index contributed by atoms with van der Waals surface area (Å²) in [5.41, 5.74) is 5.20. The first-order chi connectivity index (χ1) is 17.4. The van der Waals surface area contributed by atoms with Gasteiger partial charge in [-0.15, -0.1) is 11.3 Å². The fraction of sp³-hybridized carbons (Fsp3) is 0.458. The van der Waals surface area contributed by atoms with Crippen LogP contribution in [0.1, 0.15) is 10.4 Å². The summed E-state index contributed by atoms with van der Waals surface area (Å²) < 4.78 is 26.6. The van der Waals surface area contributed by atoms with Gasteiger partial charge in [-0.2, -0.15) is 9.40 Å². The highest BCUT2D eigenvalue weighted by atomic mass is 32.2. The average Bonchev–Trinajstić information content (AvgIpc) is 3.48. The van der Waals surface area contributed by atoms with Crippen LogP contribution in [0.4, 0.5) is 5.95 Å². The number of aromatic nitrogens is 4. The van der Waals surface area contributed by atoms with Crippen molar-refractivity contribution in [2.75, 3.05) is 63.5 Å². The lowest BCUT2D eigenvalue weighted by Gasteiger charge is -2.33. The second-order valence-electron chi connectivity index (χ2n) is 9.50. The lowest BCUT2D eigenvalue weighted by Crippen LogP contribution is -2.47. The third-order valence-electron chi connectivity index (χ3n) is 7.14. The number of hydrogen-bond acceptors (Lipinski definition) is 9. The molecule has 2 aliphatic rings. The van der Waals surface area contributed by atoms with Crippen molar-refractivity contribution < 1.29 is 8.42 Å². The van der Waals surface area contributed by atoms with Crippen molar-refractivity contribution >= 4 is 48.4 Å². The molecule has 0 radical (unpaired) electrons. The number of fused-ring (bicyclic) bond motifs is 2. The number of aromatic amines is 1. The molecule has 5 heterocycles. The molecule has 0 saturated carbocycles. The number of nitrogens with one attached hydrogen (secondary N) is 2. The molecule has 2 saturated heterocycles. The highest BCUT2D eigenvalue weighted by Gasteiger charge is 2.27. The van der Waals surface area contributed by atoms with Crippen LogP contribution < -0.4 is 10.2 Å². The van der Waals surface area contributed by atoms with Crippen LogP contribution in [0.3, 0.4) is 0 Å². The molecule has 0 atom stereocenters. The summed E-state index contributed by atoms with van der Waals surface area (Å²) in [6, 6.07) is 6.18. The third kappa shape index (κ3) is 4.37. The van der Waals surface area contributed by atoms with Crippen molar-refractivity contribution in [2.24, 2.45) is 0 Å². The van der Waals surface area contributed by atoms with Crippen molar-refractivity contribution in [3.63, 3.8) is 0 Å². The molecule has 0 unspecified atom stereocenters. The van der Waals surface area contributed by atoms with Crippen LogP contribution in [-0.2, 0) is 16.6 Å². The van der Waals surface area contributed by atoms with E-state index in [-0.39, 0.29) is 0 Å². The van der Waals surface area contributed by atoms with Crippen LogP contribution in [-0.4, -0.2) is 96.4 Å². The maximum atomic E-state index is 11.9. The zero-order valence-electron chi connectivity index (χ0n) is 20.5. The minimum absolute atomic E-state index is 0.523. The Morgan fingerprint density at radius 2 is 1.83 bits per heavy atom. The molecule has 1 aromatic carbocycles. The number of anilines is 1. The molecule has 4 aromatic rings. The number of piperazine rings is 2. The van der Waals surface area contributed by atoms with Gasteiger partial charge in [-0.3, -0.25) is 10.00 Å². The molecule has 0 aliphatic carbocycles. The predicted octanol–water partition coefficient (Wildman–Crippen LogP) is 2.03. The van der Waals surface area contributed by atoms with Gasteiger partial charge in [-0.25, -0.2) is 18.4 Å². The van der Waals surface area contributed by atoms with Crippen LogP contribution in [0.15, 0.2) is 24.4 Å². The van der Waals surface area contributed by atoms with Crippen LogP contribution in [0.2, 0.25) is 0 Å². The third-order valence-corrected chi connectivity index (χ3v) is 9.59. The maximum absolute atomic E-state index is 11.9. The molecule has 0 bridgehead atoms. The summed E-state index contributed by atoms with van der Waals surface area (Å²) in [6.45, 7) is 8.92. The van der Waals surface area contributed by atoms with Gasteiger partial charge in [0, 0.05) is 80.3 Å². The smallest absolute Gasteiger partial charge is 0.226 e. The van der Waals surface area contributed by atoms with Gasteiger partial charge in [0.05, 0.1) is 33.9 Å². The van der Waals surface area contributed by atoms with E-state index in [0.29, 0.717) is 26.2 Å². The van der Waals surface area contributed by atoms with Gasteiger partial charge in [-0.1, -0.05) is 12.1 Å². The molecule has 6 rings (SSSR count). The number of aryl methyl sites for hydroxylation is 1. The van der Waals surface area contributed by atoms with Gasteiger partial charge < -0.3 is 10.2 Å². The van der Waals surface area contributed by atoms with E-state index in [0.717, 1.165) is 71.0 Å². The van der Waals surface area contributed by atoms with E-state index in [9.17, 15) is 8.42 Å². The fourth-order valence-electron chi connectivity index (χ4n) is 5.11. The predicted molar refractivity (Wildman–Crippen MR) is 144 cm³/mol. The average molecular weight is 527 g/mol. The highest BCUT2D eigenvalue weighted by Crippen LogP contribution is 2.40. The second-order valence-corrected chi connectivity index (χ2v) is 12.7. The summed E-state index contributed by atoms with van der Waals surface area (Å²) >= 11 is 1.74. The number of H-pyrrole nitrogens is 1. The van der Waals surface area contributed by atoms with Crippen LogP contribution in [0, 0.1) is 6.92 Å². The highest BCUT2D eigenvalue weighted by molar-refractivity contribution is 7.88. The second kappa shape index (κ2) is 9.34. The Labute approximate surface area is 214 Å². The van der Waals surface area contributed by atoms with Crippen molar-refractivity contribution in [1.82, 2.24) is 34.7 Å². The number of thiophene rings is 1. The molecular weight excluding hydrogens is 496 g/mol. The summed E-state index contributed by atoms with van der Waals surface area (Å²) in [6.07, 6.45) is 3.15. The Morgan fingerprint density at radius 1 is 1.06 bits per heavy atom. The number of rotatable bonds is 5. The first kappa shape index (κ1) is 23.7. The van der Waals surface area contributed by atoms with E-state index in [1.165, 1.54) is 16.7 Å². The Bertz CT molecular complexity index is 1520. The molecule has 190 valence electrons. The van der Waals surface area contributed by atoms with Crippen LogP contribution >= 0.6 is 11.3 Å². The van der Waals surface area contributed by atoms with Gasteiger partial charge in [0.25, 0.3) is 0 Å². The lowest BCUT2D eigenvalue weighted by atomic mass is 10.1. The lowest BCUT2D eigenvalue weighted by molar-refractivity contribution is 0.182. The first-order valence-corrected chi connectivity index (χ1v) is 14.9. The van der Waals surface area contributed by atoms with Crippen molar-refractivity contribution in [3.8, 4) is 11.3 Å². The van der Waals surface area contributed by atoms with E-state index in [4.69, 9.17) is 9.97 Å². The normalized spacial score (nSPS) is 18.4. The Kier molecular flexibility index (Phi) is 6.16. The fourth-order valence-corrected chi connectivity index (χ4v) is 7.05. The van der Waals surface area contributed by atoms with E-state index >= 15 is 0 Å². The van der Waals surface area contributed by atoms with Crippen LogP contribution in [0.25, 0.3) is 32.4 Å². The zero-order valence-corrected chi connectivity index (χ0v) is 22.1. The van der Waals surface area contributed by atoms with E-state index < -0.39 is 10.0 Å². The molecule has 10 nitrogen and oxygen atoms in total. The van der Waals surface area contributed by atoms with E-state index in [2.05, 4.69) is 38.3 Å². The Hall–Kier alpha value is -2.64. The van der Waals surface area contributed by atoms with Crippen molar-refractivity contribution in [3.05, 3.63) is 34.8 Å². The molecule has 2 N–H and O–H groups in total. The number of nitrogens with zero attached hydrogens (tertiary/aromatic N) is 6. The zero-order chi connectivity index (χ0) is 24.9. The summed E-state index contributed by atoms with van der Waals surface area (Å²) in [4.78, 5) is 16.1. The molecule has 3 aromatic heterocycles. The summed E-state index contributed by atoms with van der Waals surface area (Å²) in [5.74, 6) is 0.764. The minimum atomic E-state index is -3.15. The largest absolute Gasteiger partial charge is 0.338 e.